The molecule has 0 saturated heterocycles. The first-order valence-corrected chi connectivity index (χ1v) is 7.20. The summed E-state index contributed by atoms with van der Waals surface area (Å²) in [6.45, 7) is 0. The van der Waals surface area contributed by atoms with E-state index in [0.717, 1.165) is 0 Å². The fraction of sp³-hybridized carbons (Fsp3) is 0.294. The first-order chi connectivity index (χ1) is 11.8. The largest absolute Gasteiger partial charge is 0.573 e. The van der Waals surface area contributed by atoms with Gasteiger partial charge in [0.25, 0.3) is 0 Å². The molecule has 5 nitrogen and oxygen atoms in total. The fourth-order valence-corrected chi connectivity index (χ4v) is 2.35. The highest BCUT2D eigenvalue weighted by Crippen LogP contribution is 2.40. The van der Waals surface area contributed by atoms with Gasteiger partial charge in [0.05, 0.1) is 27.4 Å². The topological polar surface area (TPSA) is 62.9 Å². The highest BCUT2D eigenvalue weighted by Gasteiger charge is 2.31. The van der Waals surface area contributed by atoms with Crippen molar-refractivity contribution in [2.45, 2.75) is 12.4 Å². The normalized spacial score (nSPS) is 12.4. The number of alkyl halides is 3. The highest BCUT2D eigenvalue weighted by atomic mass is 19.4. The molecule has 1 atom stereocenters. The summed E-state index contributed by atoms with van der Waals surface area (Å²) in [5, 5.41) is 0. The predicted molar refractivity (Wildman–Crippen MR) is 85.3 cm³/mol. The number of halogens is 3. The Bertz CT molecular complexity index is 692. The second kappa shape index (κ2) is 7.52. The number of ether oxygens (including phenoxy) is 4. The van der Waals surface area contributed by atoms with Crippen molar-refractivity contribution in [3.05, 3.63) is 47.5 Å². The van der Waals surface area contributed by atoms with Gasteiger partial charge in [-0.3, -0.25) is 0 Å². The van der Waals surface area contributed by atoms with Crippen LogP contribution in [0.3, 0.4) is 0 Å². The molecule has 0 aliphatic rings. The van der Waals surface area contributed by atoms with Gasteiger partial charge in [-0.15, -0.1) is 13.2 Å². The Morgan fingerprint density at radius 1 is 0.840 bits per heavy atom. The third-order valence-electron chi connectivity index (χ3n) is 3.52. The molecule has 0 unspecified atom stereocenters. The number of methoxy groups -OCH3 is 3. The molecule has 0 saturated carbocycles. The second-order valence-electron chi connectivity index (χ2n) is 5.05. The summed E-state index contributed by atoms with van der Waals surface area (Å²) in [7, 11) is 4.45. The van der Waals surface area contributed by atoms with Crippen LogP contribution in [0, 0.1) is 0 Å². The van der Waals surface area contributed by atoms with Crippen LogP contribution in [0.1, 0.15) is 17.2 Å². The highest BCUT2D eigenvalue weighted by molar-refractivity contribution is 5.55. The van der Waals surface area contributed by atoms with Crippen molar-refractivity contribution in [2.75, 3.05) is 21.3 Å². The van der Waals surface area contributed by atoms with Crippen LogP contribution in [0.25, 0.3) is 0 Å². The maximum Gasteiger partial charge on any atom is 0.573 e. The molecule has 0 heterocycles. The van der Waals surface area contributed by atoms with E-state index in [1.807, 2.05) is 0 Å². The Morgan fingerprint density at radius 3 is 1.76 bits per heavy atom. The lowest BCUT2D eigenvalue weighted by Gasteiger charge is -2.18. The number of hydrogen-bond acceptors (Lipinski definition) is 5. The zero-order valence-electron chi connectivity index (χ0n) is 13.9. The summed E-state index contributed by atoms with van der Waals surface area (Å²) in [6.07, 6.45) is -4.74. The van der Waals surface area contributed by atoms with Gasteiger partial charge in [-0.25, -0.2) is 0 Å². The first kappa shape index (κ1) is 18.7. The van der Waals surface area contributed by atoms with E-state index in [9.17, 15) is 13.2 Å². The molecule has 136 valence electrons. The zero-order valence-corrected chi connectivity index (χ0v) is 13.9. The lowest BCUT2D eigenvalue weighted by atomic mass is 9.98. The third-order valence-corrected chi connectivity index (χ3v) is 3.52. The summed E-state index contributed by atoms with van der Waals surface area (Å²) in [5.74, 6) is 0.983. The zero-order chi connectivity index (χ0) is 18.6. The molecule has 2 N–H and O–H groups in total. The Hall–Kier alpha value is -2.61. The van der Waals surface area contributed by atoms with E-state index in [0.29, 0.717) is 28.4 Å². The Morgan fingerprint density at radius 2 is 1.36 bits per heavy atom. The molecule has 0 bridgehead atoms. The molecule has 8 heteroatoms. The van der Waals surface area contributed by atoms with Gasteiger partial charge >= 0.3 is 6.36 Å². The smallest absolute Gasteiger partial charge is 0.493 e. The van der Waals surface area contributed by atoms with Gasteiger partial charge in [0.15, 0.2) is 11.5 Å². The molecule has 0 aliphatic heterocycles. The second-order valence-corrected chi connectivity index (χ2v) is 5.05. The molecule has 0 aromatic heterocycles. The molecular weight excluding hydrogens is 339 g/mol. The van der Waals surface area contributed by atoms with Gasteiger partial charge in [-0.05, 0) is 35.4 Å². The molecule has 0 amide bonds. The van der Waals surface area contributed by atoms with Crippen molar-refractivity contribution in [3.63, 3.8) is 0 Å². The minimum Gasteiger partial charge on any atom is -0.493 e. The van der Waals surface area contributed by atoms with Crippen molar-refractivity contribution >= 4 is 0 Å². The molecule has 2 aromatic carbocycles. The molecule has 25 heavy (non-hydrogen) atoms. The summed E-state index contributed by atoms with van der Waals surface area (Å²) in [5.41, 5.74) is 7.47. The van der Waals surface area contributed by atoms with Crippen molar-refractivity contribution < 1.29 is 32.1 Å². The monoisotopic (exact) mass is 357 g/mol. The maximum atomic E-state index is 12.2. The number of benzene rings is 2. The summed E-state index contributed by atoms with van der Waals surface area (Å²) < 4.78 is 56.3. The quantitative estimate of drug-likeness (QED) is 0.855. The molecular formula is C17H18F3NO4. The van der Waals surface area contributed by atoms with Gasteiger partial charge in [0.1, 0.15) is 5.75 Å². The molecule has 0 radical (unpaired) electrons. The van der Waals surface area contributed by atoms with E-state index >= 15 is 0 Å². The van der Waals surface area contributed by atoms with E-state index in [1.165, 1.54) is 45.6 Å². The predicted octanol–water partition coefficient (Wildman–Crippen LogP) is 3.66. The van der Waals surface area contributed by atoms with Gasteiger partial charge in [0, 0.05) is 0 Å². The lowest BCUT2D eigenvalue weighted by molar-refractivity contribution is -0.274. The Labute approximate surface area is 143 Å². The van der Waals surface area contributed by atoms with Crippen LogP contribution in [-0.4, -0.2) is 27.7 Å². The minimum atomic E-state index is -4.74. The molecule has 2 aromatic rings. The van der Waals surface area contributed by atoms with Crippen molar-refractivity contribution in [1.82, 2.24) is 0 Å². The van der Waals surface area contributed by atoms with Gasteiger partial charge in [-0.2, -0.15) is 0 Å². The Kier molecular flexibility index (Phi) is 5.63. The van der Waals surface area contributed by atoms with Gasteiger partial charge in [-0.1, -0.05) is 12.1 Å². The van der Waals surface area contributed by atoms with Crippen LogP contribution in [0.2, 0.25) is 0 Å². The van der Waals surface area contributed by atoms with E-state index in [-0.39, 0.29) is 5.75 Å². The summed E-state index contributed by atoms with van der Waals surface area (Å²) in [6, 6.07) is 8.12. The Balaban J connectivity index is 2.32. The maximum absolute atomic E-state index is 12.2. The molecule has 0 aliphatic carbocycles. The molecule has 0 spiro atoms. The van der Waals surface area contributed by atoms with Crippen LogP contribution in [0.4, 0.5) is 13.2 Å². The SMILES string of the molecule is COc1cc([C@H](N)c2ccc(OC(F)(F)F)cc2)cc(OC)c1OC. The standard InChI is InChI=1S/C17H18F3NO4/c1-22-13-8-11(9-14(23-2)16(13)24-3)15(21)10-4-6-12(7-5-10)25-17(18,19)20/h4-9,15H,21H2,1-3H3/t15-/m1/s1. The lowest BCUT2D eigenvalue weighted by Crippen LogP contribution is -2.17. The van der Waals surface area contributed by atoms with Crippen LogP contribution < -0.4 is 24.7 Å². The van der Waals surface area contributed by atoms with Gasteiger partial charge < -0.3 is 24.7 Å². The summed E-state index contributed by atoms with van der Waals surface area (Å²) in [4.78, 5) is 0. The average Bonchev–Trinajstić information content (AvgIpc) is 2.59. The fourth-order valence-electron chi connectivity index (χ4n) is 2.35. The van der Waals surface area contributed by atoms with Crippen molar-refractivity contribution in [3.8, 4) is 23.0 Å². The van der Waals surface area contributed by atoms with E-state index in [2.05, 4.69) is 4.74 Å². The van der Waals surface area contributed by atoms with Crippen molar-refractivity contribution in [2.24, 2.45) is 5.73 Å². The van der Waals surface area contributed by atoms with Crippen LogP contribution in [0.15, 0.2) is 36.4 Å². The van der Waals surface area contributed by atoms with Crippen LogP contribution in [0.5, 0.6) is 23.0 Å². The van der Waals surface area contributed by atoms with Crippen molar-refractivity contribution in [1.29, 1.82) is 0 Å². The van der Waals surface area contributed by atoms with E-state index in [4.69, 9.17) is 19.9 Å². The number of nitrogens with two attached hydrogens (primary N) is 1. The van der Waals surface area contributed by atoms with E-state index in [1.54, 1.807) is 12.1 Å². The van der Waals surface area contributed by atoms with Crippen LogP contribution in [-0.2, 0) is 0 Å². The number of hydrogen-bond donors (Lipinski definition) is 1. The average molecular weight is 357 g/mol. The van der Waals surface area contributed by atoms with E-state index < -0.39 is 12.4 Å². The van der Waals surface area contributed by atoms with Gasteiger partial charge in [0.2, 0.25) is 5.75 Å². The number of rotatable bonds is 6. The minimum absolute atomic E-state index is 0.312. The molecule has 2 rings (SSSR count). The van der Waals surface area contributed by atoms with Crippen LogP contribution >= 0.6 is 0 Å². The summed E-state index contributed by atoms with van der Waals surface area (Å²) >= 11 is 0. The third kappa shape index (κ3) is 4.48. The first-order valence-electron chi connectivity index (χ1n) is 7.20. The molecule has 0 fully saturated rings.